The van der Waals surface area contributed by atoms with Crippen LogP contribution in [0.1, 0.15) is 35.9 Å². The van der Waals surface area contributed by atoms with E-state index in [1.807, 2.05) is 41.9 Å². The molecule has 1 aromatic carbocycles. The number of carbonyl (C=O) groups is 1. The summed E-state index contributed by atoms with van der Waals surface area (Å²) >= 11 is 1.38. The van der Waals surface area contributed by atoms with Crippen molar-refractivity contribution in [2.75, 3.05) is 11.5 Å². The molecular formula is C19H24N4O3S2. The van der Waals surface area contributed by atoms with Crippen LogP contribution in [0.2, 0.25) is 0 Å². The first-order valence-corrected chi connectivity index (χ1v) is 12.2. The number of nitrogens with one attached hydrogen (secondary N) is 1. The van der Waals surface area contributed by atoms with E-state index in [0.717, 1.165) is 24.2 Å². The highest BCUT2D eigenvalue weighted by molar-refractivity contribution is 8.00. The molecule has 0 unspecified atom stereocenters. The number of carbonyl (C=O) groups excluding carboxylic acids is 1. The zero-order valence-corrected chi connectivity index (χ0v) is 17.4. The minimum Gasteiger partial charge on any atom is -0.352 e. The van der Waals surface area contributed by atoms with Gasteiger partial charge in [-0.2, -0.15) is 0 Å². The lowest BCUT2D eigenvalue weighted by atomic mass is 10.1. The van der Waals surface area contributed by atoms with E-state index in [1.54, 1.807) is 0 Å². The van der Waals surface area contributed by atoms with E-state index >= 15 is 0 Å². The number of nitrogens with zero attached hydrogens (tertiary/aromatic N) is 3. The van der Waals surface area contributed by atoms with Crippen LogP contribution in [0, 0.1) is 5.92 Å². The fraction of sp³-hybridized carbons (Fsp3) is 0.526. The van der Waals surface area contributed by atoms with Crippen LogP contribution in [-0.4, -0.2) is 46.6 Å². The molecule has 1 amide bonds. The van der Waals surface area contributed by atoms with Crippen molar-refractivity contribution in [2.24, 2.45) is 13.0 Å². The summed E-state index contributed by atoms with van der Waals surface area (Å²) in [6, 6.07) is 9.97. The molecule has 2 heterocycles. The van der Waals surface area contributed by atoms with E-state index in [2.05, 4.69) is 15.5 Å². The van der Waals surface area contributed by atoms with Gasteiger partial charge in [0.15, 0.2) is 15.0 Å². The van der Waals surface area contributed by atoms with Gasteiger partial charge in [0.2, 0.25) is 5.91 Å². The third-order valence-electron chi connectivity index (χ3n) is 5.21. The molecule has 4 rings (SSSR count). The molecule has 1 N–H and O–H groups in total. The maximum atomic E-state index is 12.8. The van der Waals surface area contributed by atoms with Gasteiger partial charge >= 0.3 is 0 Å². The van der Waals surface area contributed by atoms with Crippen molar-refractivity contribution in [3.8, 4) is 0 Å². The summed E-state index contributed by atoms with van der Waals surface area (Å²) in [6.45, 7) is 0. The first kappa shape index (κ1) is 19.4. The smallest absolute Gasteiger partial charge is 0.238 e. The standard InChI is InChI=1S/C19H24N4O3S2/c1-23-16(11-13-9-10-28(25,26)12-13)21-22-19(23)27-17(14-5-3-2-4-6-14)18(24)20-15-7-8-15/h2-6,13,15,17H,7-12H2,1H3,(H,20,24)/t13-,17+/m0/s1. The first-order chi connectivity index (χ1) is 13.4. The minimum absolute atomic E-state index is 0.00913. The Morgan fingerprint density at radius 2 is 2.00 bits per heavy atom. The highest BCUT2D eigenvalue weighted by atomic mass is 32.2. The van der Waals surface area contributed by atoms with Gasteiger partial charge in [-0.05, 0) is 30.7 Å². The van der Waals surface area contributed by atoms with E-state index in [1.165, 1.54) is 11.8 Å². The molecule has 1 saturated carbocycles. The highest BCUT2D eigenvalue weighted by Crippen LogP contribution is 2.36. The predicted molar refractivity (Wildman–Crippen MR) is 108 cm³/mol. The molecule has 1 aliphatic carbocycles. The number of amides is 1. The van der Waals surface area contributed by atoms with Gasteiger partial charge in [-0.25, -0.2) is 8.42 Å². The van der Waals surface area contributed by atoms with Crippen LogP contribution in [0.3, 0.4) is 0 Å². The molecule has 2 aliphatic rings. The van der Waals surface area contributed by atoms with Crippen LogP contribution in [0.15, 0.2) is 35.5 Å². The van der Waals surface area contributed by atoms with Crippen LogP contribution in [-0.2, 0) is 28.1 Å². The summed E-state index contributed by atoms with van der Waals surface area (Å²) in [5.74, 6) is 1.32. The van der Waals surface area contributed by atoms with Gasteiger partial charge in [-0.15, -0.1) is 10.2 Å². The maximum absolute atomic E-state index is 12.8. The summed E-state index contributed by atoms with van der Waals surface area (Å²) in [7, 11) is -1.03. The summed E-state index contributed by atoms with van der Waals surface area (Å²) in [6.07, 6.45) is 3.34. The predicted octanol–water partition coefficient (Wildman–Crippen LogP) is 1.90. The monoisotopic (exact) mass is 420 g/mol. The second kappa shape index (κ2) is 7.87. The molecule has 0 spiro atoms. The number of hydrogen-bond donors (Lipinski definition) is 1. The van der Waals surface area contributed by atoms with Gasteiger partial charge < -0.3 is 9.88 Å². The normalized spacial score (nSPS) is 22.1. The third-order valence-corrected chi connectivity index (χ3v) is 8.34. The molecule has 1 aliphatic heterocycles. The van der Waals surface area contributed by atoms with Crippen LogP contribution >= 0.6 is 11.8 Å². The Bertz CT molecular complexity index is 955. The molecule has 9 heteroatoms. The molecule has 2 atom stereocenters. The van der Waals surface area contributed by atoms with Crippen molar-refractivity contribution < 1.29 is 13.2 Å². The molecule has 1 saturated heterocycles. The van der Waals surface area contributed by atoms with Crippen molar-refractivity contribution in [1.29, 1.82) is 0 Å². The molecule has 1 aromatic heterocycles. The third kappa shape index (κ3) is 4.57. The molecule has 0 bridgehead atoms. The van der Waals surface area contributed by atoms with Crippen molar-refractivity contribution in [3.63, 3.8) is 0 Å². The first-order valence-electron chi connectivity index (χ1n) is 9.52. The Balaban J connectivity index is 1.50. The molecule has 7 nitrogen and oxygen atoms in total. The van der Waals surface area contributed by atoms with Crippen molar-refractivity contribution in [3.05, 3.63) is 41.7 Å². The lowest BCUT2D eigenvalue weighted by molar-refractivity contribution is -0.120. The topological polar surface area (TPSA) is 93.9 Å². The zero-order valence-electron chi connectivity index (χ0n) is 15.7. The number of thioether (sulfide) groups is 1. The number of sulfone groups is 1. The van der Waals surface area contributed by atoms with Gasteiger partial charge in [0.05, 0.1) is 11.5 Å². The Kier molecular flexibility index (Phi) is 5.46. The SMILES string of the molecule is Cn1c(C[C@@H]2CCS(=O)(=O)C2)nnc1S[C@@H](C(=O)NC1CC1)c1ccccc1. The van der Waals surface area contributed by atoms with Gasteiger partial charge in [0.25, 0.3) is 0 Å². The number of benzene rings is 1. The summed E-state index contributed by atoms with van der Waals surface area (Å²) in [5, 5.41) is 11.9. The van der Waals surface area contributed by atoms with Crippen LogP contribution in [0.25, 0.3) is 0 Å². The molecule has 2 aromatic rings. The van der Waals surface area contributed by atoms with Crippen molar-refractivity contribution in [2.45, 2.75) is 42.1 Å². The summed E-state index contributed by atoms with van der Waals surface area (Å²) < 4.78 is 25.3. The summed E-state index contributed by atoms with van der Waals surface area (Å²) in [5.41, 5.74) is 0.928. The molecule has 28 heavy (non-hydrogen) atoms. The van der Waals surface area contributed by atoms with Crippen LogP contribution < -0.4 is 5.32 Å². The Labute approximate surface area is 169 Å². The highest BCUT2D eigenvalue weighted by Gasteiger charge is 2.32. The maximum Gasteiger partial charge on any atom is 0.238 e. The van der Waals surface area contributed by atoms with E-state index < -0.39 is 15.1 Å². The lowest BCUT2D eigenvalue weighted by Crippen LogP contribution is -2.29. The lowest BCUT2D eigenvalue weighted by Gasteiger charge is -2.16. The van der Waals surface area contributed by atoms with Gasteiger partial charge in [-0.3, -0.25) is 4.79 Å². The van der Waals surface area contributed by atoms with Crippen LogP contribution in [0.4, 0.5) is 0 Å². The Hall–Kier alpha value is -1.87. The number of hydrogen-bond acceptors (Lipinski definition) is 6. The largest absolute Gasteiger partial charge is 0.352 e. The quantitative estimate of drug-likeness (QED) is 0.688. The molecule has 0 radical (unpaired) electrons. The fourth-order valence-corrected chi connectivity index (χ4v) is 6.32. The number of rotatable bonds is 7. The van der Waals surface area contributed by atoms with E-state index in [0.29, 0.717) is 24.0 Å². The second-order valence-electron chi connectivity index (χ2n) is 7.62. The molecule has 150 valence electrons. The van der Waals surface area contributed by atoms with Crippen molar-refractivity contribution >= 4 is 27.5 Å². The zero-order chi connectivity index (χ0) is 19.7. The van der Waals surface area contributed by atoms with Gasteiger partial charge in [0.1, 0.15) is 11.1 Å². The molecular weight excluding hydrogens is 396 g/mol. The van der Waals surface area contributed by atoms with Gasteiger partial charge in [0, 0.05) is 19.5 Å². The van der Waals surface area contributed by atoms with Crippen LogP contribution in [0.5, 0.6) is 0 Å². The van der Waals surface area contributed by atoms with Gasteiger partial charge in [-0.1, -0.05) is 42.1 Å². The Morgan fingerprint density at radius 1 is 1.25 bits per heavy atom. The average Bonchev–Trinajstić information content (AvgIpc) is 3.33. The van der Waals surface area contributed by atoms with E-state index in [4.69, 9.17) is 0 Å². The van der Waals surface area contributed by atoms with Crippen molar-refractivity contribution in [1.82, 2.24) is 20.1 Å². The Morgan fingerprint density at radius 3 is 2.64 bits per heavy atom. The molecule has 2 fully saturated rings. The summed E-state index contributed by atoms with van der Waals surface area (Å²) in [4.78, 5) is 12.8. The second-order valence-corrected chi connectivity index (χ2v) is 10.9. The van der Waals surface area contributed by atoms with E-state index in [-0.39, 0.29) is 23.3 Å². The van der Waals surface area contributed by atoms with E-state index in [9.17, 15) is 13.2 Å². The minimum atomic E-state index is -2.91. The fourth-order valence-electron chi connectivity index (χ4n) is 3.43. The number of aromatic nitrogens is 3. The average molecular weight is 421 g/mol.